The van der Waals surface area contributed by atoms with E-state index in [2.05, 4.69) is 51.9 Å². The normalized spacial score (nSPS) is 12.3. The summed E-state index contributed by atoms with van der Waals surface area (Å²) in [6.45, 7) is 5.81. The van der Waals surface area contributed by atoms with Crippen molar-refractivity contribution < 1.29 is 0 Å². The van der Waals surface area contributed by atoms with Crippen molar-refractivity contribution in [2.45, 2.75) is 6.92 Å². The summed E-state index contributed by atoms with van der Waals surface area (Å²) in [4.78, 5) is 13.3. The molecule has 0 aliphatic carbocycles. The molecule has 27 heavy (non-hydrogen) atoms. The van der Waals surface area contributed by atoms with Gasteiger partial charge in [-0.3, -0.25) is 0 Å². The number of hydrogen-bond acceptors (Lipinski definition) is 4. The quantitative estimate of drug-likeness (QED) is 0.364. The molecule has 4 aromatic rings. The highest BCUT2D eigenvalue weighted by molar-refractivity contribution is 7.26. The maximum Gasteiger partial charge on any atom is 0.226 e. The lowest BCUT2D eigenvalue weighted by atomic mass is 10.1. The summed E-state index contributed by atoms with van der Waals surface area (Å²) in [5.41, 5.74) is 1.75. The summed E-state index contributed by atoms with van der Waals surface area (Å²) in [7, 11) is 0. The van der Waals surface area contributed by atoms with E-state index in [-0.39, 0.29) is 5.28 Å². The SMILES string of the molecule is C=C/C(=C\C=C/C)c1nc(Cl)nc(-c2cccc3c2sc2ccccc23)n1. The van der Waals surface area contributed by atoms with Crippen molar-refractivity contribution >= 4 is 48.7 Å². The Labute approximate surface area is 166 Å². The van der Waals surface area contributed by atoms with Crippen LogP contribution in [0.3, 0.4) is 0 Å². The monoisotopic (exact) mass is 389 g/mol. The van der Waals surface area contributed by atoms with E-state index in [0.29, 0.717) is 11.6 Å². The maximum atomic E-state index is 6.23. The van der Waals surface area contributed by atoms with E-state index >= 15 is 0 Å². The number of halogens is 1. The summed E-state index contributed by atoms with van der Waals surface area (Å²) in [6, 6.07) is 14.6. The third-order valence-electron chi connectivity index (χ3n) is 4.20. The van der Waals surface area contributed by atoms with Crippen LogP contribution in [0.5, 0.6) is 0 Å². The predicted molar refractivity (Wildman–Crippen MR) is 116 cm³/mol. The zero-order valence-electron chi connectivity index (χ0n) is 14.7. The second-order valence-electron chi connectivity index (χ2n) is 5.88. The largest absolute Gasteiger partial charge is 0.226 e. The second kappa shape index (κ2) is 7.43. The maximum absolute atomic E-state index is 6.23. The van der Waals surface area contributed by atoms with Gasteiger partial charge < -0.3 is 0 Å². The standard InChI is InChI=1S/C22H16ClN3S/c1-3-5-9-14(4-2)20-24-21(26-22(23)25-20)17-12-8-11-16-15-10-6-7-13-18(15)27-19(16)17/h3-13H,2H2,1H3/b5-3-,14-9+. The van der Waals surface area contributed by atoms with Crippen molar-refractivity contribution in [3.8, 4) is 11.4 Å². The van der Waals surface area contributed by atoms with Crippen LogP contribution in [0, 0.1) is 0 Å². The molecule has 0 bridgehead atoms. The van der Waals surface area contributed by atoms with Gasteiger partial charge in [0.1, 0.15) is 0 Å². The summed E-state index contributed by atoms with van der Waals surface area (Å²) in [5.74, 6) is 1.08. The van der Waals surface area contributed by atoms with Crippen molar-refractivity contribution in [1.82, 2.24) is 15.0 Å². The molecule has 0 aliphatic heterocycles. The smallest absolute Gasteiger partial charge is 0.208 e. The highest BCUT2D eigenvalue weighted by atomic mass is 35.5. The van der Waals surface area contributed by atoms with E-state index < -0.39 is 0 Å². The highest BCUT2D eigenvalue weighted by Gasteiger charge is 2.14. The van der Waals surface area contributed by atoms with Crippen molar-refractivity contribution in [1.29, 1.82) is 0 Å². The van der Waals surface area contributed by atoms with E-state index in [0.717, 1.165) is 15.8 Å². The number of nitrogens with zero attached hydrogens (tertiary/aromatic N) is 3. The number of hydrogen-bond donors (Lipinski definition) is 0. The molecule has 0 aliphatic rings. The lowest BCUT2D eigenvalue weighted by Gasteiger charge is -2.06. The lowest BCUT2D eigenvalue weighted by Crippen LogP contribution is -1.99. The van der Waals surface area contributed by atoms with E-state index in [1.54, 1.807) is 17.4 Å². The van der Waals surface area contributed by atoms with Crippen LogP contribution in [0.1, 0.15) is 12.7 Å². The van der Waals surface area contributed by atoms with Crippen LogP contribution in [-0.2, 0) is 0 Å². The Morgan fingerprint density at radius 1 is 1.04 bits per heavy atom. The number of fused-ring (bicyclic) bond motifs is 3. The van der Waals surface area contributed by atoms with Crippen LogP contribution in [0.2, 0.25) is 5.28 Å². The first-order valence-electron chi connectivity index (χ1n) is 8.49. The Morgan fingerprint density at radius 3 is 2.67 bits per heavy atom. The highest BCUT2D eigenvalue weighted by Crippen LogP contribution is 2.39. The molecular weight excluding hydrogens is 374 g/mol. The number of thiophene rings is 1. The van der Waals surface area contributed by atoms with E-state index in [1.807, 2.05) is 37.3 Å². The first-order valence-corrected chi connectivity index (χ1v) is 9.68. The molecule has 2 aromatic heterocycles. The molecule has 3 nitrogen and oxygen atoms in total. The van der Waals surface area contributed by atoms with Crippen LogP contribution >= 0.6 is 22.9 Å². The number of allylic oxidation sites excluding steroid dienone is 5. The van der Waals surface area contributed by atoms with Gasteiger partial charge in [-0.15, -0.1) is 11.3 Å². The van der Waals surface area contributed by atoms with Gasteiger partial charge in [0, 0.05) is 31.3 Å². The Hall–Kier alpha value is -2.82. The first-order chi connectivity index (χ1) is 13.2. The molecule has 0 unspecified atom stereocenters. The molecule has 0 radical (unpaired) electrons. The van der Waals surface area contributed by atoms with Gasteiger partial charge >= 0.3 is 0 Å². The summed E-state index contributed by atoms with van der Waals surface area (Å²) in [5, 5.41) is 2.60. The number of aromatic nitrogens is 3. The molecular formula is C22H16ClN3S. The van der Waals surface area contributed by atoms with Crippen LogP contribution in [0.4, 0.5) is 0 Å². The Balaban J connectivity index is 1.95. The van der Waals surface area contributed by atoms with E-state index in [9.17, 15) is 0 Å². The molecule has 5 heteroatoms. The van der Waals surface area contributed by atoms with Gasteiger partial charge in [-0.25, -0.2) is 4.98 Å². The number of rotatable bonds is 4. The van der Waals surface area contributed by atoms with Crippen molar-refractivity contribution in [2.24, 2.45) is 0 Å². The molecule has 0 N–H and O–H groups in total. The van der Waals surface area contributed by atoms with E-state index in [1.165, 1.54) is 15.5 Å². The average Bonchev–Trinajstić information content (AvgIpc) is 3.07. The van der Waals surface area contributed by atoms with Crippen LogP contribution in [0.25, 0.3) is 37.1 Å². The van der Waals surface area contributed by atoms with Gasteiger partial charge in [-0.2, -0.15) is 9.97 Å². The third-order valence-corrected chi connectivity index (χ3v) is 5.59. The van der Waals surface area contributed by atoms with Gasteiger partial charge in [0.2, 0.25) is 5.28 Å². The Bertz CT molecular complexity index is 1220. The molecule has 0 atom stereocenters. The average molecular weight is 390 g/mol. The molecule has 0 spiro atoms. The molecule has 0 saturated heterocycles. The van der Waals surface area contributed by atoms with Gasteiger partial charge in [0.25, 0.3) is 0 Å². The summed E-state index contributed by atoms with van der Waals surface area (Å²) < 4.78 is 2.38. The third kappa shape index (κ3) is 3.29. The fourth-order valence-corrected chi connectivity index (χ4v) is 4.33. The molecule has 0 amide bonds. The predicted octanol–water partition coefficient (Wildman–Crippen LogP) is 6.71. The minimum absolute atomic E-state index is 0.168. The Morgan fingerprint density at radius 2 is 1.85 bits per heavy atom. The van der Waals surface area contributed by atoms with E-state index in [4.69, 9.17) is 11.6 Å². The van der Waals surface area contributed by atoms with Crippen LogP contribution in [0.15, 0.2) is 73.3 Å². The second-order valence-corrected chi connectivity index (χ2v) is 7.27. The first kappa shape index (κ1) is 17.6. The number of benzene rings is 2. The van der Waals surface area contributed by atoms with Gasteiger partial charge in [-0.1, -0.05) is 61.2 Å². The summed E-state index contributed by atoms with van der Waals surface area (Å²) >= 11 is 7.96. The molecule has 2 aromatic carbocycles. The fraction of sp³-hybridized carbons (Fsp3) is 0.0455. The van der Waals surface area contributed by atoms with Crippen molar-refractivity contribution in [3.63, 3.8) is 0 Å². The zero-order valence-corrected chi connectivity index (χ0v) is 16.3. The molecule has 132 valence electrons. The lowest BCUT2D eigenvalue weighted by molar-refractivity contribution is 1.03. The minimum Gasteiger partial charge on any atom is -0.208 e. The van der Waals surface area contributed by atoms with Crippen molar-refractivity contribution in [3.05, 3.63) is 84.5 Å². The topological polar surface area (TPSA) is 38.7 Å². The molecule has 0 fully saturated rings. The van der Waals surface area contributed by atoms with Gasteiger partial charge in [-0.05, 0) is 30.7 Å². The van der Waals surface area contributed by atoms with Crippen molar-refractivity contribution in [2.75, 3.05) is 0 Å². The Kier molecular flexibility index (Phi) is 4.84. The summed E-state index contributed by atoms with van der Waals surface area (Å²) in [6.07, 6.45) is 7.48. The van der Waals surface area contributed by atoms with Gasteiger partial charge in [0.05, 0.1) is 0 Å². The molecule has 2 heterocycles. The van der Waals surface area contributed by atoms with Crippen LogP contribution < -0.4 is 0 Å². The van der Waals surface area contributed by atoms with Crippen LogP contribution in [-0.4, -0.2) is 15.0 Å². The zero-order chi connectivity index (χ0) is 18.8. The molecule has 0 saturated carbocycles. The molecule has 4 rings (SSSR count). The fourth-order valence-electron chi connectivity index (χ4n) is 2.96. The van der Waals surface area contributed by atoms with Gasteiger partial charge in [0.15, 0.2) is 11.6 Å². The minimum atomic E-state index is 0.168.